The van der Waals surface area contributed by atoms with Crippen molar-refractivity contribution in [1.82, 2.24) is 9.80 Å². The fourth-order valence-electron chi connectivity index (χ4n) is 4.74. The largest absolute Gasteiger partial charge is 0.493 e. The first-order valence-corrected chi connectivity index (χ1v) is 12.3. The molecule has 1 saturated carbocycles. The lowest BCUT2D eigenvalue weighted by atomic mass is 10.1. The van der Waals surface area contributed by atoms with Crippen LogP contribution in [-0.4, -0.2) is 60.9 Å². The van der Waals surface area contributed by atoms with Gasteiger partial charge in [-0.15, -0.1) is 11.8 Å². The summed E-state index contributed by atoms with van der Waals surface area (Å²) < 4.78 is 11.8. The number of carbonyl (C=O) groups is 1. The van der Waals surface area contributed by atoms with Gasteiger partial charge in [0.15, 0.2) is 11.5 Å². The van der Waals surface area contributed by atoms with Crippen molar-refractivity contribution in [2.75, 3.05) is 39.0 Å². The van der Waals surface area contributed by atoms with Crippen molar-refractivity contribution in [2.45, 2.75) is 62.8 Å². The van der Waals surface area contributed by atoms with Crippen molar-refractivity contribution in [2.24, 2.45) is 0 Å². The molecule has 29 heavy (non-hydrogen) atoms. The summed E-state index contributed by atoms with van der Waals surface area (Å²) in [6.07, 6.45) is 10.0. The molecule has 5 nitrogen and oxygen atoms in total. The summed E-state index contributed by atoms with van der Waals surface area (Å²) in [7, 11) is 1.69. The third-order valence-electron chi connectivity index (χ3n) is 6.36. The topological polar surface area (TPSA) is 42.0 Å². The van der Waals surface area contributed by atoms with Crippen LogP contribution in [0.1, 0.15) is 62.3 Å². The summed E-state index contributed by atoms with van der Waals surface area (Å²) >= 11 is 1.73. The minimum absolute atomic E-state index is 0.0840. The lowest BCUT2D eigenvalue weighted by Gasteiger charge is -2.29. The zero-order chi connectivity index (χ0) is 20.1. The molecule has 3 aliphatic rings. The van der Waals surface area contributed by atoms with Crippen molar-refractivity contribution >= 4 is 17.7 Å². The number of carbonyl (C=O) groups excluding carboxylic acids is 1. The molecule has 0 radical (unpaired) electrons. The lowest BCUT2D eigenvalue weighted by Crippen LogP contribution is -2.34. The maximum Gasteiger partial charge on any atom is 0.233 e. The first-order chi connectivity index (χ1) is 14.2. The molecule has 0 bridgehead atoms. The second-order valence-electron chi connectivity index (χ2n) is 8.44. The molecule has 4 rings (SSSR count). The molecule has 1 aromatic rings. The Morgan fingerprint density at radius 2 is 1.83 bits per heavy atom. The molecule has 1 amide bonds. The summed E-state index contributed by atoms with van der Waals surface area (Å²) in [6, 6.07) is 6.19. The molecule has 1 unspecified atom stereocenters. The Labute approximate surface area is 179 Å². The summed E-state index contributed by atoms with van der Waals surface area (Å²) in [5, 5.41) is 0.0840. The first-order valence-electron chi connectivity index (χ1n) is 11.2. The van der Waals surface area contributed by atoms with Crippen LogP contribution in [-0.2, 0) is 4.79 Å². The molecule has 0 spiro atoms. The fourth-order valence-corrected chi connectivity index (χ4v) is 5.95. The van der Waals surface area contributed by atoms with Gasteiger partial charge in [0.25, 0.3) is 0 Å². The van der Waals surface area contributed by atoms with Gasteiger partial charge in [0.2, 0.25) is 5.91 Å². The fraction of sp³-hybridized carbons (Fsp3) is 0.696. The highest BCUT2D eigenvalue weighted by molar-refractivity contribution is 8.00. The number of benzene rings is 1. The molecule has 2 aliphatic heterocycles. The average Bonchev–Trinajstić information content (AvgIpc) is 3.39. The van der Waals surface area contributed by atoms with Gasteiger partial charge in [0.05, 0.1) is 19.0 Å². The standard InChI is InChI=1S/C23H34N2O3S/c1-27-20-11-10-18(16-21(20)28-19-8-3-4-9-19)23-25(22(26)17-29-23)15-7-14-24-12-5-2-6-13-24/h10-11,16,19,23H,2-9,12-15,17H2,1H3. The Balaban J connectivity index is 1.41. The highest BCUT2D eigenvalue weighted by Crippen LogP contribution is 2.42. The van der Waals surface area contributed by atoms with Crippen molar-refractivity contribution in [3.8, 4) is 11.5 Å². The van der Waals surface area contributed by atoms with Gasteiger partial charge in [-0.05, 0) is 82.3 Å². The van der Waals surface area contributed by atoms with Gasteiger partial charge in [-0.25, -0.2) is 0 Å². The van der Waals surface area contributed by atoms with E-state index >= 15 is 0 Å². The second kappa shape index (κ2) is 10.1. The van der Waals surface area contributed by atoms with Gasteiger partial charge < -0.3 is 19.3 Å². The number of piperidine rings is 1. The van der Waals surface area contributed by atoms with Crippen molar-refractivity contribution in [1.29, 1.82) is 0 Å². The van der Waals surface area contributed by atoms with Crippen LogP contribution in [0.4, 0.5) is 0 Å². The summed E-state index contributed by atoms with van der Waals surface area (Å²) in [4.78, 5) is 17.2. The van der Waals surface area contributed by atoms with Crippen LogP contribution >= 0.6 is 11.8 Å². The molecule has 0 N–H and O–H groups in total. The van der Waals surface area contributed by atoms with Gasteiger partial charge in [-0.2, -0.15) is 0 Å². The number of ether oxygens (including phenoxy) is 2. The SMILES string of the molecule is COc1ccc(C2SCC(=O)N2CCCN2CCCCC2)cc1OC1CCCC1. The molecule has 2 heterocycles. The van der Waals surface area contributed by atoms with Crippen LogP contribution < -0.4 is 9.47 Å². The van der Waals surface area contributed by atoms with Crippen LogP contribution in [0.25, 0.3) is 0 Å². The number of methoxy groups -OCH3 is 1. The number of thioether (sulfide) groups is 1. The van der Waals surface area contributed by atoms with E-state index in [0.29, 0.717) is 5.75 Å². The van der Waals surface area contributed by atoms with E-state index in [1.54, 1.807) is 18.9 Å². The monoisotopic (exact) mass is 418 g/mol. The van der Waals surface area contributed by atoms with Crippen LogP contribution in [0.5, 0.6) is 11.5 Å². The van der Waals surface area contributed by atoms with E-state index in [0.717, 1.165) is 49.4 Å². The number of hydrogen-bond acceptors (Lipinski definition) is 5. The molecular formula is C23H34N2O3S. The predicted octanol–water partition coefficient (Wildman–Crippen LogP) is 4.47. The maximum atomic E-state index is 12.6. The van der Waals surface area contributed by atoms with E-state index in [1.165, 1.54) is 45.2 Å². The van der Waals surface area contributed by atoms with Crippen LogP contribution in [0.2, 0.25) is 0 Å². The average molecular weight is 419 g/mol. The lowest BCUT2D eigenvalue weighted by molar-refractivity contribution is -0.128. The molecule has 1 aromatic carbocycles. The van der Waals surface area contributed by atoms with Crippen LogP contribution in [0.3, 0.4) is 0 Å². The third kappa shape index (κ3) is 5.21. The van der Waals surface area contributed by atoms with E-state index in [9.17, 15) is 4.79 Å². The molecule has 2 saturated heterocycles. The molecular weight excluding hydrogens is 384 g/mol. The highest BCUT2D eigenvalue weighted by Gasteiger charge is 2.33. The molecule has 3 fully saturated rings. The Kier molecular flexibility index (Phi) is 7.24. The first kappa shape index (κ1) is 20.9. The maximum absolute atomic E-state index is 12.6. The Bertz CT molecular complexity index is 687. The molecule has 160 valence electrons. The Hall–Kier alpha value is -1.40. The summed E-state index contributed by atoms with van der Waals surface area (Å²) in [6.45, 7) is 4.36. The minimum Gasteiger partial charge on any atom is -0.493 e. The van der Waals surface area contributed by atoms with Gasteiger partial charge >= 0.3 is 0 Å². The van der Waals surface area contributed by atoms with Gasteiger partial charge in [0, 0.05) is 6.54 Å². The summed E-state index contributed by atoms with van der Waals surface area (Å²) in [5.74, 6) is 2.43. The van der Waals surface area contributed by atoms with Gasteiger partial charge in [-0.1, -0.05) is 12.5 Å². The van der Waals surface area contributed by atoms with Crippen molar-refractivity contribution in [3.63, 3.8) is 0 Å². The third-order valence-corrected chi connectivity index (χ3v) is 7.61. The zero-order valence-corrected chi connectivity index (χ0v) is 18.4. The Morgan fingerprint density at radius 3 is 2.59 bits per heavy atom. The number of hydrogen-bond donors (Lipinski definition) is 0. The van der Waals surface area contributed by atoms with Gasteiger partial charge in [-0.3, -0.25) is 4.79 Å². The Morgan fingerprint density at radius 1 is 1.03 bits per heavy atom. The smallest absolute Gasteiger partial charge is 0.233 e. The quantitative estimate of drug-likeness (QED) is 0.623. The molecule has 0 aromatic heterocycles. The highest BCUT2D eigenvalue weighted by atomic mass is 32.2. The number of rotatable bonds is 8. The predicted molar refractivity (Wildman–Crippen MR) is 118 cm³/mol. The molecule has 1 atom stereocenters. The van der Waals surface area contributed by atoms with E-state index < -0.39 is 0 Å². The van der Waals surface area contributed by atoms with Crippen molar-refractivity contribution in [3.05, 3.63) is 23.8 Å². The zero-order valence-electron chi connectivity index (χ0n) is 17.6. The molecule has 1 aliphatic carbocycles. The van der Waals surface area contributed by atoms with E-state index in [-0.39, 0.29) is 17.4 Å². The number of nitrogens with zero attached hydrogens (tertiary/aromatic N) is 2. The number of amides is 1. The van der Waals surface area contributed by atoms with E-state index in [2.05, 4.69) is 21.9 Å². The molecule has 6 heteroatoms. The number of likely N-dealkylation sites (tertiary alicyclic amines) is 1. The second-order valence-corrected chi connectivity index (χ2v) is 9.51. The summed E-state index contributed by atoms with van der Waals surface area (Å²) in [5.41, 5.74) is 1.15. The van der Waals surface area contributed by atoms with Crippen molar-refractivity contribution < 1.29 is 14.3 Å². The van der Waals surface area contributed by atoms with Gasteiger partial charge in [0.1, 0.15) is 5.37 Å². The van der Waals surface area contributed by atoms with Crippen LogP contribution in [0, 0.1) is 0 Å². The van der Waals surface area contributed by atoms with E-state index in [1.807, 2.05) is 6.07 Å². The van der Waals surface area contributed by atoms with E-state index in [4.69, 9.17) is 9.47 Å². The minimum atomic E-state index is 0.0840. The normalized spacial score (nSPS) is 23.7. The van der Waals surface area contributed by atoms with Crippen LogP contribution in [0.15, 0.2) is 18.2 Å².